The van der Waals surface area contributed by atoms with Crippen LogP contribution in [0.15, 0.2) is 0 Å². The molecule has 4 aliphatic heterocycles. The molecule has 0 aromatic heterocycles. The first-order chi connectivity index (χ1) is 11.7. The van der Waals surface area contributed by atoms with Gasteiger partial charge in [-0.2, -0.15) is 0 Å². The van der Waals surface area contributed by atoms with Crippen molar-refractivity contribution >= 4 is 13.7 Å². The largest absolute Gasteiger partial charge is 0.343 e. The Morgan fingerprint density at radius 3 is 1.04 bits per heavy atom. The molecule has 0 amide bonds. The summed E-state index contributed by atoms with van der Waals surface area (Å²) in [5, 5.41) is 0. The third-order valence-corrected chi connectivity index (χ3v) is 8.35. The van der Waals surface area contributed by atoms with Gasteiger partial charge in [-0.05, 0) is 50.5 Å². The molecule has 0 radical (unpaired) electrons. The molecular formula is C20H38B2N2. The van der Waals surface area contributed by atoms with Crippen LogP contribution in [0.3, 0.4) is 0 Å². The van der Waals surface area contributed by atoms with Crippen LogP contribution in [0.4, 0.5) is 0 Å². The average molecular weight is 328 g/mol. The Balaban J connectivity index is 1.32. The lowest BCUT2D eigenvalue weighted by Gasteiger charge is -2.47. The first-order valence-corrected chi connectivity index (χ1v) is 11.1. The first kappa shape index (κ1) is 17.5. The van der Waals surface area contributed by atoms with Crippen molar-refractivity contribution < 1.29 is 0 Å². The highest BCUT2D eigenvalue weighted by molar-refractivity contribution is 6.60. The molecule has 0 spiro atoms. The summed E-state index contributed by atoms with van der Waals surface area (Å²) in [6.45, 7) is 4.41. The molecule has 4 rings (SSSR count). The fourth-order valence-corrected chi connectivity index (χ4v) is 7.34. The first-order valence-electron chi connectivity index (χ1n) is 11.1. The molecule has 4 heteroatoms. The van der Waals surface area contributed by atoms with Crippen LogP contribution in [0.1, 0.15) is 77.0 Å². The van der Waals surface area contributed by atoms with E-state index in [-0.39, 0.29) is 0 Å². The van der Waals surface area contributed by atoms with Crippen molar-refractivity contribution in [2.24, 2.45) is 0 Å². The van der Waals surface area contributed by atoms with Crippen LogP contribution in [0.5, 0.6) is 0 Å². The van der Waals surface area contributed by atoms with Crippen molar-refractivity contribution in [2.75, 3.05) is 27.2 Å². The summed E-state index contributed by atoms with van der Waals surface area (Å²) in [5.74, 6) is 4.06. The molecule has 0 saturated carbocycles. The Morgan fingerprint density at radius 1 is 0.542 bits per heavy atom. The topological polar surface area (TPSA) is 6.48 Å². The molecular weight excluding hydrogens is 290 g/mol. The number of fused-ring (bicyclic) bond motifs is 4. The van der Waals surface area contributed by atoms with E-state index in [9.17, 15) is 0 Å². The van der Waals surface area contributed by atoms with Crippen LogP contribution in [0.2, 0.25) is 23.3 Å². The summed E-state index contributed by atoms with van der Waals surface area (Å²) in [7, 11) is 4.88. The molecule has 2 nitrogen and oxygen atoms in total. The second kappa shape index (κ2) is 7.74. The Kier molecular flexibility index (Phi) is 5.63. The zero-order valence-corrected chi connectivity index (χ0v) is 16.3. The van der Waals surface area contributed by atoms with Gasteiger partial charge in [0.05, 0.1) is 0 Å². The molecule has 0 atom stereocenters. The lowest BCUT2D eigenvalue weighted by Crippen LogP contribution is -2.53. The third kappa shape index (κ3) is 3.47. The van der Waals surface area contributed by atoms with E-state index < -0.39 is 0 Å². The molecule has 134 valence electrons. The van der Waals surface area contributed by atoms with Crippen LogP contribution < -0.4 is 0 Å². The summed E-state index contributed by atoms with van der Waals surface area (Å²) in [4.78, 5) is 5.56. The second-order valence-corrected chi connectivity index (χ2v) is 9.71. The summed E-state index contributed by atoms with van der Waals surface area (Å²) in [6, 6.07) is 0. The van der Waals surface area contributed by atoms with Crippen molar-refractivity contribution in [1.82, 2.24) is 9.62 Å². The number of nitrogens with zero attached hydrogens (tertiary/aromatic N) is 2. The normalized spacial score (nSPS) is 36.5. The molecule has 0 N–H and O–H groups in total. The maximum atomic E-state index is 2.78. The van der Waals surface area contributed by atoms with E-state index in [1.165, 1.54) is 90.1 Å². The minimum atomic E-state index is 0.909. The Morgan fingerprint density at radius 2 is 0.792 bits per heavy atom. The smallest absolute Gasteiger partial charge is 0.229 e. The van der Waals surface area contributed by atoms with Gasteiger partial charge < -0.3 is 9.62 Å². The lowest BCUT2D eigenvalue weighted by atomic mass is 9.33. The van der Waals surface area contributed by atoms with Gasteiger partial charge in [0.2, 0.25) is 13.7 Å². The third-order valence-electron chi connectivity index (χ3n) is 8.35. The predicted octanol–water partition coefficient (Wildman–Crippen LogP) is 5.05. The van der Waals surface area contributed by atoms with Crippen molar-refractivity contribution in [2.45, 2.75) is 100 Å². The van der Waals surface area contributed by atoms with Crippen molar-refractivity contribution in [3.05, 3.63) is 0 Å². The molecule has 4 aliphatic rings. The molecule has 0 aromatic carbocycles. The van der Waals surface area contributed by atoms with E-state index >= 15 is 0 Å². The molecule has 4 saturated heterocycles. The summed E-state index contributed by atoms with van der Waals surface area (Å²) < 4.78 is 0. The average Bonchev–Trinajstić information content (AvgIpc) is 2.58. The molecule has 0 unspecified atom stereocenters. The number of rotatable bonds is 5. The maximum Gasteiger partial charge on any atom is 0.229 e. The van der Waals surface area contributed by atoms with Crippen molar-refractivity contribution in [3.8, 4) is 0 Å². The van der Waals surface area contributed by atoms with Gasteiger partial charge in [0.1, 0.15) is 0 Å². The molecule has 24 heavy (non-hydrogen) atoms. The van der Waals surface area contributed by atoms with Crippen molar-refractivity contribution in [1.29, 1.82) is 0 Å². The van der Waals surface area contributed by atoms with Gasteiger partial charge in [-0.1, -0.05) is 77.0 Å². The molecule has 4 bridgehead atoms. The van der Waals surface area contributed by atoms with Gasteiger partial charge in [-0.15, -0.1) is 0 Å². The van der Waals surface area contributed by atoms with Gasteiger partial charge in [0, 0.05) is 0 Å². The van der Waals surface area contributed by atoms with E-state index in [0.29, 0.717) is 0 Å². The van der Waals surface area contributed by atoms with Gasteiger partial charge in [-0.25, -0.2) is 0 Å². The molecule has 4 heterocycles. The van der Waals surface area contributed by atoms with Gasteiger partial charge >= 0.3 is 0 Å². The number of likely N-dealkylation sites (N-methyl/N-ethyl adjacent to an activating group) is 2. The Hall–Kier alpha value is 0.0499. The van der Waals surface area contributed by atoms with Crippen molar-refractivity contribution in [3.63, 3.8) is 0 Å². The molecule has 0 aliphatic carbocycles. The lowest BCUT2D eigenvalue weighted by molar-refractivity contribution is 0.343. The van der Waals surface area contributed by atoms with Crippen LogP contribution in [0, 0.1) is 0 Å². The highest BCUT2D eigenvalue weighted by Gasteiger charge is 2.44. The minimum Gasteiger partial charge on any atom is -0.343 e. The van der Waals surface area contributed by atoms with Gasteiger partial charge in [0.15, 0.2) is 0 Å². The van der Waals surface area contributed by atoms with Crippen LogP contribution in [-0.4, -0.2) is 50.5 Å². The fraction of sp³-hybridized carbons (Fsp3) is 1.00. The Labute approximate surface area is 151 Å². The summed E-state index contributed by atoms with van der Waals surface area (Å²) in [6.07, 6.45) is 18.1. The zero-order chi connectivity index (χ0) is 16.5. The molecule has 0 aromatic rings. The number of hydrogen-bond donors (Lipinski definition) is 0. The predicted molar refractivity (Wildman–Crippen MR) is 107 cm³/mol. The number of hydrogen-bond acceptors (Lipinski definition) is 2. The van der Waals surface area contributed by atoms with E-state index in [2.05, 4.69) is 23.7 Å². The maximum absolute atomic E-state index is 2.78. The van der Waals surface area contributed by atoms with Crippen LogP contribution in [0.25, 0.3) is 0 Å². The van der Waals surface area contributed by atoms with Gasteiger partial charge in [0.25, 0.3) is 0 Å². The SMILES string of the molecule is CN(CCN(C)B1C2CCCC1CCC2)B1C2CCCC1CCC2. The van der Waals surface area contributed by atoms with Crippen LogP contribution in [-0.2, 0) is 0 Å². The summed E-state index contributed by atoms with van der Waals surface area (Å²) in [5.41, 5.74) is 0. The van der Waals surface area contributed by atoms with Gasteiger partial charge in [-0.3, -0.25) is 0 Å². The van der Waals surface area contributed by atoms with E-state index in [1.54, 1.807) is 0 Å². The highest BCUT2D eigenvalue weighted by atomic mass is 15.1. The van der Waals surface area contributed by atoms with E-state index in [0.717, 1.165) is 37.0 Å². The molecule has 4 fully saturated rings. The van der Waals surface area contributed by atoms with Crippen LogP contribution >= 0.6 is 0 Å². The zero-order valence-electron chi connectivity index (χ0n) is 16.3. The minimum absolute atomic E-state index is 0.909. The quantitative estimate of drug-likeness (QED) is 0.652. The second-order valence-electron chi connectivity index (χ2n) is 9.71. The summed E-state index contributed by atoms with van der Waals surface area (Å²) >= 11 is 0. The monoisotopic (exact) mass is 328 g/mol. The standard InChI is InChI=1S/C20H38B2N2/c1-23(21-17-7-3-8-18(21)10-4-9-17)15-16-24(2)22-19-11-5-12-20(22)14-6-13-19/h17-20H,3-16H2,1-2H3. The Bertz CT molecular complexity index is 336. The fourth-order valence-electron chi connectivity index (χ4n) is 7.34. The van der Waals surface area contributed by atoms with E-state index in [4.69, 9.17) is 0 Å². The van der Waals surface area contributed by atoms with E-state index in [1.807, 2.05) is 0 Å². The highest BCUT2D eigenvalue weighted by Crippen LogP contribution is 2.48.